The van der Waals surface area contributed by atoms with Gasteiger partial charge in [-0.1, -0.05) is 13.3 Å². The number of aliphatic hydroxyl groups is 1. The highest BCUT2D eigenvalue weighted by Gasteiger charge is 2.46. The van der Waals surface area contributed by atoms with Crippen molar-refractivity contribution >= 4 is 17.4 Å². The molecule has 0 bridgehead atoms. The van der Waals surface area contributed by atoms with Gasteiger partial charge in [0.2, 0.25) is 5.75 Å². The van der Waals surface area contributed by atoms with Gasteiger partial charge in [0.15, 0.2) is 11.5 Å². The van der Waals surface area contributed by atoms with Crippen LogP contribution in [0.3, 0.4) is 0 Å². The van der Waals surface area contributed by atoms with Crippen molar-refractivity contribution in [2.45, 2.75) is 39.2 Å². The van der Waals surface area contributed by atoms with Gasteiger partial charge in [-0.15, -0.1) is 0 Å². The summed E-state index contributed by atoms with van der Waals surface area (Å²) < 4.78 is 22.3. The van der Waals surface area contributed by atoms with E-state index in [4.69, 9.17) is 18.9 Å². The Balaban J connectivity index is 2.16. The third-order valence-electron chi connectivity index (χ3n) is 6.77. The maximum Gasteiger partial charge on any atom is 0.295 e. The molecule has 9 nitrogen and oxygen atoms in total. The van der Waals surface area contributed by atoms with Crippen molar-refractivity contribution in [3.8, 4) is 23.0 Å². The maximum absolute atomic E-state index is 13.5. The maximum atomic E-state index is 13.5. The van der Waals surface area contributed by atoms with E-state index in [9.17, 15) is 14.7 Å². The molecule has 2 aromatic rings. The van der Waals surface area contributed by atoms with E-state index in [0.717, 1.165) is 24.9 Å². The molecule has 0 saturated carbocycles. The van der Waals surface area contributed by atoms with Crippen LogP contribution in [-0.4, -0.2) is 81.7 Å². The minimum atomic E-state index is -0.847. The number of carbonyl (C=O) groups excluding carboxylic acids is 2. The Morgan fingerprint density at radius 2 is 1.67 bits per heavy atom. The minimum absolute atomic E-state index is 0.0156. The van der Waals surface area contributed by atoms with Crippen molar-refractivity contribution in [2.24, 2.45) is 0 Å². The van der Waals surface area contributed by atoms with Gasteiger partial charge in [0.25, 0.3) is 11.7 Å². The van der Waals surface area contributed by atoms with Crippen molar-refractivity contribution in [1.29, 1.82) is 0 Å². The van der Waals surface area contributed by atoms with Gasteiger partial charge in [0, 0.05) is 12.1 Å². The number of ether oxygens (including phenoxy) is 4. The predicted molar refractivity (Wildman–Crippen MR) is 150 cm³/mol. The van der Waals surface area contributed by atoms with Crippen LogP contribution < -0.4 is 18.9 Å². The van der Waals surface area contributed by atoms with Gasteiger partial charge in [-0.25, -0.2) is 0 Å². The van der Waals surface area contributed by atoms with Gasteiger partial charge in [0.05, 0.1) is 39.6 Å². The van der Waals surface area contributed by atoms with Crippen LogP contribution in [0, 0.1) is 6.92 Å². The number of carbonyl (C=O) groups is 2. The number of nitrogens with zero attached hydrogens (tertiary/aromatic N) is 2. The summed E-state index contributed by atoms with van der Waals surface area (Å²) in [6.07, 6.45) is 2.60. The number of methoxy groups -OCH3 is 3. The molecule has 1 atom stereocenters. The van der Waals surface area contributed by atoms with Crippen molar-refractivity contribution in [3.63, 3.8) is 0 Å². The molecule has 39 heavy (non-hydrogen) atoms. The van der Waals surface area contributed by atoms with Crippen LogP contribution in [0.1, 0.15) is 48.9 Å². The van der Waals surface area contributed by atoms with Crippen LogP contribution in [0.2, 0.25) is 0 Å². The van der Waals surface area contributed by atoms with Crippen molar-refractivity contribution in [3.05, 3.63) is 52.6 Å². The quantitative estimate of drug-likeness (QED) is 0.171. The minimum Gasteiger partial charge on any atom is -0.507 e. The molecule has 1 aliphatic rings. The van der Waals surface area contributed by atoms with Crippen molar-refractivity contribution in [1.82, 2.24) is 9.80 Å². The molecule has 1 amide bonds. The lowest BCUT2D eigenvalue weighted by molar-refractivity contribution is -0.139. The van der Waals surface area contributed by atoms with Crippen LogP contribution in [0.15, 0.2) is 35.9 Å². The number of ketones is 1. The van der Waals surface area contributed by atoms with E-state index in [1.807, 2.05) is 32.0 Å². The lowest BCUT2D eigenvalue weighted by Crippen LogP contribution is -2.32. The number of hydrogen-bond acceptors (Lipinski definition) is 8. The van der Waals surface area contributed by atoms with Gasteiger partial charge < -0.3 is 33.9 Å². The zero-order valence-corrected chi connectivity index (χ0v) is 24.0. The summed E-state index contributed by atoms with van der Waals surface area (Å²) in [5.74, 6) is 0.210. The van der Waals surface area contributed by atoms with Crippen LogP contribution in [0.4, 0.5) is 0 Å². The number of benzene rings is 2. The van der Waals surface area contributed by atoms with Gasteiger partial charge >= 0.3 is 0 Å². The molecular formula is C30H40N2O7. The Bertz CT molecular complexity index is 1200. The molecule has 2 aromatic carbocycles. The first-order valence-corrected chi connectivity index (χ1v) is 13.1. The standard InChI is InChI=1S/C30H40N2O7/c1-8-9-15-39-21-11-12-22(19(2)16-21)27(33)25-26(32(30(35)28(25)34)14-10-13-31(3)4)20-17-23(36-5)29(38-7)24(18-20)37-6/h11-12,16-18,26,33H,8-10,13-15H2,1-7H3/t26-/m0/s1. The topological polar surface area (TPSA) is 97.8 Å². The Hall–Kier alpha value is -3.72. The SMILES string of the molecule is CCCCOc1ccc(C(O)=C2C(=O)C(=O)N(CCCN(C)C)[C@H]2c2cc(OC)c(OC)c(OC)c2)c(C)c1. The first kappa shape index (κ1) is 29.8. The monoisotopic (exact) mass is 540 g/mol. The van der Waals surface area contributed by atoms with E-state index in [-0.39, 0.29) is 11.3 Å². The predicted octanol–water partition coefficient (Wildman–Crippen LogP) is 4.57. The van der Waals surface area contributed by atoms with Crippen LogP contribution >= 0.6 is 0 Å². The zero-order chi connectivity index (χ0) is 28.7. The highest BCUT2D eigenvalue weighted by Crippen LogP contribution is 2.46. The van der Waals surface area contributed by atoms with Crippen molar-refractivity contribution < 1.29 is 33.6 Å². The largest absolute Gasteiger partial charge is 0.507 e. The van der Waals surface area contributed by atoms with Gasteiger partial charge in [-0.3, -0.25) is 9.59 Å². The highest BCUT2D eigenvalue weighted by atomic mass is 16.5. The van der Waals surface area contributed by atoms with Crippen LogP contribution in [0.5, 0.6) is 23.0 Å². The molecule has 1 aliphatic heterocycles. The van der Waals surface area contributed by atoms with E-state index in [1.165, 1.54) is 26.2 Å². The number of likely N-dealkylation sites (tertiary alicyclic amines) is 1. The highest BCUT2D eigenvalue weighted by molar-refractivity contribution is 6.46. The smallest absolute Gasteiger partial charge is 0.295 e. The molecule has 0 unspecified atom stereocenters. The summed E-state index contributed by atoms with van der Waals surface area (Å²) in [7, 11) is 8.41. The van der Waals surface area contributed by atoms with E-state index in [2.05, 4.69) is 6.92 Å². The number of aliphatic hydroxyl groups excluding tert-OH is 1. The fourth-order valence-corrected chi connectivity index (χ4v) is 4.74. The molecule has 1 fully saturated rings. The summed E-state index contributed by atoms with van der Waals surface area (Å²) in [5, 5.41) is 11.6. The van der Waals surface area contributed by atoms with E-state index in [0.29, 0.717) is 53.7 Å². The van der Waals surface area contributed by atoms with E-state index < -0.39 is 17.7 Å². The summed E-state index contributed by atoms with van der Waals surface area (Å²) >= 11 is 0. The molecule has 0 radical (unpaired) electrons. The molecule has 1 N–H and O–H groups in total. The molecule has 0 aliphatic carbocycles. The molecule has 0 spiro atoms. The fraction of sp³-hybridized carbons (Fsp3) is 0.467. The third kappa shape index (κ3) is 6.47. The van der Waals surface area contributed by atoms with Crippen LogP contribution in [-0.2, 0) is 9.59 Å². The first-order valence-electron chi connectivity index (χ1n) is 13.1. The first-order chi connectivity index (χ1) is 18.7. The third-order valence-corrected chi connectivity index (χ3v) is 6.77. The summed E-state index contributed by atoms with van der Waals surface area (Å²) in [6.45, 7) is 5.58. The number of aryl methyl sites for hydroxylation is 1. The number of amides is 1. The number of Topliss-reactive ketones (excluding diaryl/α,β-unsaturated/α-hetero) is 1. The molecule has 9 heteroatoms. The average molecular weight is 541 g/mol. The Morgan fingerprint density at radius 3 is 2.21 bits per heavy atom. The Kier molecular flexibility index (Phi) is 10.2. The van der Waals surface area contributed by atoms with E-state index >= 15 is 0 Å². The average Bonchev–Trinajstić information content (AvgIpc) is 3.17. The second-order valence-corrected chi connectivity index (χ2v) is 9.79. The second-order valence-electron chi connectivity index (χ2n) is 9.79. The Morgan fingerprint density at radius 1 is 1.00 bits per heavy atom. The second kappa shape index (κ2) is 13.4. The van der Waals surface area contributed by atoms with Gasteiger partial charge in [-0.05, 0) is 81.9 Å². The van der Waals surface area contributed by atoms with Gasteiger partial charge in [-0.2, -0.15) is 0 Å². The van der Waals surface area contributed by atoms with Crippen molar-refractivity contribution in [2.75, 3.05) is 55.1 Å². The zero-order valence-electron chi connectivity index (χ0n) is 24.0. The molecule has 1 saturated heterocycles. The van der Waals surface area contributed by atoms with Crippen LogP contribution in [0.25, 0.3) is 5.76 Å². The summed E-state index contributed by atoms with van der Waals surface area (Å²) in [5.41, 5.74) is 1.76. The summed E-state index contributed by atoms with van der Waals surface area (Å²) in [4.78, 5) is 30.3. The molecular weight excluding hydrogens is 500 g/mol. The molecule has 3 rings (SSSR count). The molecule has 1 heterocycles. The molecule has 212 valence electrons. The van der Waals surface area contributed by atoms with Gasteiger partial charge in [0.1, 0.15) is 11.5 Å². The van der Waals surface area contributed by atoms with E-state index in [1.54, 1.807) is 24.3 Å². The lowest BCUT2D eigenvalue weighted by atomic mass is 9.93. The fourth-order valence-electron chi connectivity index (χ4n) is 4.74. The summed E-state index contributed by atoms with van der Waals surface area (Å²) in [6, 6.07) is 7.88. The normalized spacial score (nSPS) is 16.6. The number of rotatable bonds is 13. The lowest BCUT2D eigenvalue weighted by Gasteiger charge is -2.27. The number of hydrogen-bond donors (Lipinski definition) is 1. The molecule has 0 aromatic heterocycles. The Labute approximate surface area is 230 Å². The number of unbranched alkanes of at least 4 members (excludes halogenated alkanes) is 1.